The molecule has 2 atom stereocenters. The molecule has 5 rings (SSSR count). The number of hydrogen-bond donors (Lipinski definition) is 2. The molecule has 2 unspecified atom stereocenters. The number of carbonyl (C=O) groups is 1. The summed E-state index contributed by atoms with van der Waals surface area (Å²) in [7, 11) is -3.28. The summed E-state index contributed by atoms with van der Waals surface area (Å²) in [6, 6.07) is 8.99. The molecule has 4 heterocycles. The number of pyridine rings is 1. The third-order valence-electron chi connectivity index (χ3n) is 6.45. The number of aliphatic hydroxyl groups excluding tert-OH is 1. The zero-order valence-corrected chi connectivity index (χ0v) is 23.0. The molecule has 2 N–H and O–H groups in total. The topological polar surface area (TPSA) is 167 Å². The molecule has 1 amide bonds. The van der Waals surface area contributed by atoms with Crippen LogP contribution in [0.4, 0.5) is 18.9 Å². The Labute approximate surface area is 240 Å². The number of rotatable bonds is 8. The van der Waals surface area contributed by atoms with E-state index in [4.69, 9.17) is 11.6 Å². The van der Waals surface area contributed by atoms with Gasteiger partial charge in [0.05, 0.1) is 29.7 Å². The Morgan fingerprint density at radius 2 is 1.90 bits per heavy atom. The maximum absolute atomic E-state index is 13.1. The normalized spacial score (nSPS) is 17.3. The van der Waals surface area contributed by atoms with Crippen LogP contribution >= 0.6 is 11.6 Å². The van der Waals surface area contributed by atoms with Gasteiger partial charge < -0.3 is 10.4 Å². The summed E-state index contributed by atoms with van der Waals surface area (Å²) < 4.78 is 65.6. The van der Waals surface area contributed by atoms with Gasteiger partial charge in [-0.3, -0.25) is 9.36 Å². The molecule has 4 aromatic rings. The van der Waals surface area contributed by atoms with Gasteiger partial charge in [0.1, 0.15) is 12.9 Å². The van der Waals surface area contributed by atoms with E-state index in [-0.39, 0.29) is 53.2 Å². The van der Waals surface area contributed by atoms with Gasteiger partial charge >= 0.3 is 11.9 Å². The Kier molecular flexibility index (Phi) is 7.91. The first-order valence-corrected chi connectivity index (χ1v) is 14.6. The minimum Gasteiger partial charge on any atom is -0.382 e. The third kappa shape index (κ3) is 6.37. The quantitative estimate of drug-likeness (QED) is 0.296. The van der Waals surface area contributed by atoms with Gasteiger partial charge in [0.25, 0.3) is 0 Å². The number of halogens is 4. The highest BCUT2D eigenvalue weighted by molar-refractivity contribution is 7.91. The van der Waals surface area contributed by atoms with Crippen LogP contribution in [-0.4, -0.2) is 77.3 Å². The highest BCUT2D eigenvalue weighted by Gasteiger charge is 2.39. The van der Waals surface area contributed by atoms with Crippen molar-refractivity contribution < 1.29 is 31.5 Å². The molecule has 1 aliphatic heterocycles. The van der Waals surface area contributed by atoms with E-state index in [1.54, 1.807) is 12.1 Å². The number of anilines is 1. The summed E-state index contributed by atoms with van der Waals surface area (Å²) in [5.74, 6) is -1.46. The number of amides is 1. The van der Waals surface area contributed by atoms with Crippen LogP contribution in [-0.2, 0) is 27.7 Å². The van der Waals surface area contributed by atoms with Gasteiger partial charge in [-0.15, -0.1) is 10.2 Å². The maximum Gasteiger partial charge on any atom is 0.416 e. The highest BCUT2D eigenvalue weighted by Crippen LogP contribution is 2.25. The number of benzene rings is 1. The van der Waals surface area contributed by atoms with Gasteiger partial charge in [-0.05, 0) is 42.8 Å². The zero-order chi connectivity index (χ0) is 30.2. The van der Waals surface area contributed by atoms with Crippen molar-refractivity contribution in [1.29, 1.82) is 0 Å². The summed E-state index contributed by atoms with van der Waals surface area (Å²) in [6.07, 6.45) is -4.90. The molecule has 42 heavy (non-hydrogen) atoms. The highest BCUT2D eigenvalue weighted by atomic mass is 35.5. The van der Waals surface area contributed by atoms with E-state index < -0.39 is 46.2 Å². The molecule has 0 radical (unpaired) electrons. The van der Waals surface area contributed by atoms with Gasteiger partial charge in [-0.2, -0.15) is 13.2 Å². The molecular formula is C24H22ClF3N8O5S. The number of carbonyl (C=O) groups excluding carboxylic acids is 1. The molecule has 0 spiro atoms. The van der Waals surface area contributed by atoms with Gasteiger partial charge in [0.15, 0.2) is 33.4 Å². The van der Waals surface area contributed by atoms with E-state index in [0.29, 0.717) is 9.59 Å². The summed E-state index contributed by atoms with van der Waals surface area (Å²) in [5.41, 5.74) is -0.431. The van der Waals surface area contributed by atoms with Crippen LogP contribution in [0.1, 0.15) is 12.2 Å². The lowest BCUT2D eigenvalue weighted by Crippen LogP contribution is -2.37. The van der Waals surface area contributed by atoms with E-state index in [1.165, 1.54) is 41.5 Å². The second-order valence-electron chi connectivity index (χ2n) is 9.51. The first-order valence-electron chi connectivity index (χ1n) is 12.4. The number of hydrogen-bond acceptors (Lipinski definition) is 9. The van der Waals surface area contributed by atoms with Gasteiger partial charge in [0.2, 0.25) is 5.91 Å². The average molecular weight is 627 g/mol. The maximum atomic E-state index is 13.1. The van der Waals surface area contributed by atoms with Gasteiger partial charge in [0, 0.05) is 16.8 Å². The van der Waals surface area contributed by atoms with Crippen molar-refractivity contribution in [2.75, 3.05) is 16.8 Å². The molecule has 1 saturated heterocycles. The fraction of sp³-hybridized carbons (Fsp3) is 0.333. The van der Waals surface area contributed by atoms with Crippen molar-refractivity contribution in [3.8, 4) is 17.2 Å². The second-order valence-corrected chi connectivity index (χ2v) is 12.2. The lowest BCUT2D eigenvalue weighted by molar-refractivity contribution is -0.207. The average Bonchev–Trinajstić information content (AvgIpc) is 3.63. The molecule has 1 fully saturated rings. The van der Waals surface area contributed by atoms with E-state index in [9.17, 15) is 36.3 Å². The summed E-state index contributed by atoms with van der Waals surface area (Å²) in [4.78, 5) is 34.1. The molecule has 3 aromatic heterocycles. The first-order chi connectivity index (χ1) is 19.8. The Bertz CT molecular complexity index is 1790. The number of nitrogens with one attached hydrogen (secondary N) is 1. The molecular weight excluding hydrogens is 605 g/mol. The number of aromatic nitrogens is 7. The molecule has 13 nitrogen and oxygen atoms in total. The molecule has 1 aliphatic rings. The minimum atomic E-state index is -4.97. The fourth-order valence-corrected chi connectivity index (χ4v) is 6.18. The van der Waals surface area contributed by atoms with E-state index >= 15 is 0 Å². The second kappa shape index (κ2) is 11.3. The predicted octanol–water partition coefficient (Wildman–Crippen LogP) is 1.69. The van der Waals surface area contributed by atoms with Crippen molar-refractivity contribution in [1.82, 2.24) is 34.1 Å². The number of aliphatic hydroxyl groups is 1. The Morgan fingerprint density at radius 3 is 2.57 bits per heavy atom. The van der Waals surface area contributed by atoms with Crippen LogP contribution < -0.4 is 11.0 Å². The monoisotopic (exact) mass is 626 g/mol. The lowest BCUT2D eigenvalue weighted by atomic mass is 10.1. The lowest BCUT2D eigenvalue weighted by Gasteiger charge is -2.15. The molecule has 18 heteroatoms. The van der Waals surface area contributed by atoms with Gasteiger partial charge in [-0.25, -0.2) is 32.5 Å². The van der Waals surface area contributed by atoms with Crippen LogP contribution in [0.25, 0.3) is 17.2 Å². The standard InChI is InChI=1S/C24H22ClF3N8O5S/c25-16-5-3-14(4-6-16)20-33-35(23(39)34(20)10-18(37)24(26,27)28)11-19-30-13-36(32-19)21-17(2-1-8-29-21)31-22(38)15-7-9-42(40,41)12-15/h1-6,8,13,15,18,37H,7,9-12H2,(H,31,38). The van der Waals surface area contributed by atoms with Crippen molar-refractivity contribution in [2.24, 2.45) is 5.92 Å². The summed E-state index contributed by atoms with van der Waals surface area (Å²) >= 11 is 5.91. The van der Waals surface area contributed by atoms with E-state index in [2.05, 4.69) is 25.5 Å². The molecule has 1 aromatic carbocycles. The van der Waals surface area contributed by atoms with Crippen LogP contribution in [0, 0.1) is 5.92 Å². The molecule has 0 bridgehead atoms. The molecule has 0 saturated carbocycles. The fourth-order valence-electron chi connectivity index (χ4n) is 4.32. The first kappa shape index (κ1) is 29.4. The van der Waals surface area contributed by atoms with Crippen molar-refractivity contribution in [2.45, 2.75) is 31.8 Å². The third-order valence-corrected chi connectivity index (χ3v) is 8.47. The number of alkyl halides is 3. The van der Waals surface area contributed by atoms with Crippen LogP contribution in [0.3, 0.4) is 0 Å². The van der Waals surface area contributed by atoms with Crippen LogP contribution in [0.5, 0.6) is 0 Å². The zero-order valence-electron chi connectivity index (χ0n) is 21.4. The predicted molar refractivity (Wildman–Crippen MR) is 143 cm³/mol. The number of sulfone groups is 1. The van der Waals surface area contributed by atoms with Crippen molar-refractivity contribution >= 4 is 33.0 Å². The Hall–Kier alpha value is -4.09. The molecule has 222 valence electrons. The van der Waals surface area contributed by atoms with E-state index in [0.717, 1.165) is 4.68 Å². The van der Waals surface area contributed by atoms with Crippen molar-refractivity contribution in [3.05, 3.63) is 70.3 Å². The molecule has 0 aliphatic carbocycles. The Morgan fingerprint density at radius 1 is 1.17 bits per heavy atom. The largest absolute Gasteiger partial charge is 0.416 e. The SMILES string of the molecule is O=C(Nc1cccnc1-n1cnc(Cn2nc(-c3ccc(Cl)cc3)n(CC(O)C(F)(F)F)c2=O)n1)C1CCS(=O)(=O)C1. The minimum absolute atomic E-state index is 0.0330. The Balaban J connectivity index is 1.41. The van der Waals surface area contributed by atoms with Gasteiger partial charge in [-0.1, -0.05) is 11.6 Å². The van der Waals surface area contributed by atoms with E-state index in [1.807, 2.05) is 0 Å². The summed E-state index contributed by atoms with van der Waals surface area (Å²) in [6.45, 7) is -1.45. The van der Waals surface area contributed by atoms with Crippen LogP contribution in [0.2, 0.25) is 5.02 Å². The number of nitrogens with zero attached hydrogens (tertiary/aromatic N) is 7. The van der Waals surface area contributed by atoms with Crippen LogP contribution in [0.15, 0.2) is 53.7 Å². The smallest absolute Gasteiger partial charge is 0.382 e. The summed E-state index contributed by atoms with van der Waals surface area (Å²) in [5, 5.41) is 21.1. The van der Waals surface area contributed by atoms with Crippen molar-refractivity contribution in [3.63, 3.8) is 0 Å².